The van der Waals surface area contributed by atoms with Crippen molar-refractivity contribution < 1.29 is 0 Å². The van der Waals surface area contributed by atoms with Crippen molar-refractivity contribution in [3.63, 3.8) is 0 Å². The molecule has 1 aliphatic rings. The fourth-order valence-electron chi connectivity index (χ4n) is 9.70. The van der Waals surface area contributed by atoms with E-state index in [-0.39, 0.29) is 0 Å². The zero-order valence-corrected chi connectivity index (χ0v) is 34.4. The van der Waals surface area contributed by atoms with Gasteiger partial charge in [0, 0.05) is 36.9 Å². The summed E-state index contributed by atoms with van der Waals surface area (Å²) >= 11 is 1.84. The summed E-state index contributed by atoms with van der Waals surface area (Å²) in [6.07, 6.45) is 0. The third-order valence-electron chi connectivity index (χ3n) is 12.5. The predicted octanol–water partition coefficient (Wildman–Crippen LogP) is 14.9. The number of aromatic nitrogens is 3. The number of nitrogens with zero attached hydrogens (tertiary/aromatic N) is 3. The molecule has 1 aliphatic carbocycles. The van der Waals surface area contributed by atoms with Gasteiger partial charge in [0.05, 0.1) is 5.41 Å². The van der Waals surface area contributed by atoms with Crippen molar-refractivity contribution in [3.05, 3.63) is 247 Å². The lowest BCUT2D eigenvalue weighted by Crippen LogP contribution is -2.29. The first-order valence-corrected chi connectivity index (χ1v) is 21.8. The summed E-state index contributed by atoms with van der Waals surface area (Å²) in [6.45, 7) is 0. The van der Waals surface area contributed by atoms with E-state index in [1.165, 1.54) is 59.1 Å². The standard InChI is InChI=1S/C58H37N3S/c1-4-17-39(18-5-1)44-23-10-11-26-48(44)56-59-55(40-33-31-38(32-34-40)41-35-36-53-50(37-41)46-25-13-15-30-52(46)62-53)60-57(61-56)49-28-16-27-47-45-24-12-14-29-51(45)58(54(47)49,42-19-6-2-7-20-42)43-21-8-3-9-22-43/h1-37H. The molecule has 0 aliphatic heterocycles. The van der Waals surface area contributed by atoms with Gasteiger partial charge in [0.15, 0.2) is 17.5 Å². The summed E-state index contributed by atoms with van der Waals surface area (Å²) in [5.41, 5.74) is 13.9. The van der Waals surface area contributed by atoms with E-state index in [0.717, 1.165) is 33.4 Å². The second-order valence-corrected chi connectivity index (χ2v) is 16.9. The Kier molecular flexibility index (Phi) is 8.58. The van der Waals surface area contributed by atoms with Gasteiger partial charge in [-0.15, -0.1) is 11.3 Å². The minimum Gasteiger partial charge on any atom is -0.208 e. The van der Waals surface area contributed by atoms with Crippen LogP contribution in [-0.2, 0) is 5.41 Å². The van der Waals surface area contributed by atoms with Crippen LogP contribution in [0.4, 0.5) is 0 Å². The molecule has 0 spiro atoms. The average Bonchev–Trinajstić information content (AvgIpc) is 3.88. The van der Waals surface area contributed by atoms with Crippen LogP contribution in [0.25, 0.3) is 87.7 Å². The molecule has 9 aromatic carbocycles. The lowest BCUT2D eigenvalue weighted by molar-refractivity contribution is 0.769. The van der Waals surface area contributed by atoms with E-state index in [0.29, 0.717) is 17.5 Å². The molecule has 0 N–H and O–H groups in total. The molecule has 0 unspecified atom stereocenters. The largest absolute Gasteiger partial charge is 0.208 e. The Balaban J connectivity index is 1.08. The maximum atomic E-state index is 5.47. The first-order chi connectivity index (χ1) is 30.7. The Hall–Kier alpha value is -7.79. The van der Waals surface area contributed by atoms with Crippen molar-refractivity contribution in [2.45, 2.75) is 5.41 Å². The third kappa shape index (κ3) is 5.76. The van der Waals surface area contributed by atoms with E-state index in [2.05, 4.69) is 224 Å². The second-order valence-electron chi connectivity index (χ2n) is 15.9. The molecule has 2 heterocycles. The Labute approximate surface area is 364 Å². The van der Waals surface area contributed by atoms with Crippen LogP contribution in [-0.4, -0.2) is 15.0 Å². The van der Waals surface area contributed by atoms with Crippen molar-refractivity contribution >= 4 is 31.5 Å². The zero-order chi connectivity index (χ0) is 41.0. The Morgan fingerprint density at radius 3 is 1.56 bits per heavy atom. The lowest BCUT2D eigenvalue weighted by atomic mass is 9.66. The number of benzene rings is 9. The molecule has 12 rings (SSSR count). The molecule has 0 amide bonds. The second kappa shape index (κ2) is 14.7. The van der Waals surface area contributed by atoms with Crippen LogP contribution >= 0.6 is 11.3 Å². The molecule has 0 saturated carbocycles. The highest BCUT2D eigenvalue weighted by Crippen LogP contribution is 2.58. The van der Waals surface area contributed by atoms with Gasteiger partial charge in [-0.25, -0.2) is 15.0 Å². The van der Waals surface area contributed by atoms with Gasteiger partial charge in [-0.2, -0.15) is 0 Å². The molecule has 0 radical (unpaired) electrons. The summed E-state index contributed by atoms with van der Waals surface area (Å²) < 4.78 is 2.61. The normalized spacial score (nSPS) is 12.6. The Morgan fingerprint density at radius 2 is 0.823 bits per heavy atom. The topological polar surface area (TPSA) is 38.7 Å². The molecule has 4 heteroatoms. The van der Waals surface area contributed by atoms with Gasteiger partial charge < -0.3 is 0 Å². The summed E-state index contributed by atoms with van der Waals surface area (Å²) in [4.78, 5) is 16.2. The molecule has 290 valence electrons. The van der Waals surface area contributed by atoms with Gasteiger partial charge in [0.25, 0.3) is 0 Å². The Morgan fingerprint density at radius 1 is 0.306 bits per heavy atom. The fourth-order valence-corrected chi connectivity index (χ4v) is 10.8. The third-order valence-corrected chi connectivity index (χ3v) is 13.6. The van der Waals surface area contributed by atoms with E-state index in [9.17, 15) is 0 Å². The predicted molar refractivity (Wildman–Crippen MR) is 257 cm³/mol. The maximum absolute atomic E-state index is 5.47. The summed E-state index contributed by atoms with van der Waals surface area (Å²) in [5.74, 6) is 1.88. The van der Waals surface area contributed by atoms with E-state index in [4.69, 9.17) is 15.0 Å². The van der Waals surface area contributed by atoms with Gasteiger partial charge in [0.2, 0.25) is 0 Å². The monoisotopic (exact) mass is 807 g/mol. The molecule has 0 saturated heterocycles. The van der Waals surface area contributed by atoms with Crippen LogP contribution in [0.2, 0.25) is 0 Å². The van der Waals surface area contributed by atoms with Gasteiger partial charge in [0.1, 0.15) is 0 Å². The lowest BCUT2D eigenvalue weighted by Gasteiger charge is -2.35. The minimum atomic E-state index is -0.629. The quantitative estimate of drug-likeness (QED) is 0.161. The highest BCUT2D eigenvalue weighted by Gasteiger charge is 2.47. The maximum Gasteiger partial charge on any atom is 0.164 e. The van der Waals surface area contributed by atoms with Crippen molar-refractivity contribution in [1.82, 2.24) is 15.0 Å². The van der Waals surface area contributed by atoms with Crippen molar-refractivity contribution in [3.8, 4) is 67.5 Å². The summed E-state index contributed by atoms with van der Waals surface area (Å²) in [6, 6.07) is 80.4. The van der Waals surface area contributed by atoms with Gasteiger partial charge in [-0.05, 0) is 73.8 Å². The number of thiophene rings is 1. The van der Waals surface area contributed by atoms with Crippen molar-refractivity contribution in [1.29, 1.82) is 0 Å². The first-order valence-electron chi connectivity index (χ1n) is 21.0. The van der Waals surface area contributed by atoms with Gasteiger partial charge in [-0.1, -0.05) is 206 Å². The fraction of sp³-hybridized carbons (Fsp3) is 0.0172. The molecule has 0 bridgehead atoms. The van der Waals surface area contributed by atoms with E-state index >= 15 is 0 Å². The molecule has 0 atom stereocenters. The van der Waals surface area contributed by atoms with E-state index < -0.39 is 5.41 Å². The number of hydrogen-bond acceptors (Lipinski definition) is 4. The molecule has 62 heavy (non-hydrogen) atoms. The molecule has 3 nitrogen and oxygen atoms in total. The SMILES string of the molecule is c1ccc(-c2ccccc2-c2nc(-c3ccc(-c4ccc5sc6ccccc6c5c4)cc3)nc(-c3cccc4c3C(c3ccccc3)(c3ccccc3)c3ccccc3-4)n2)cc1. The molecule has 2 aromatic heterocycles. The number of hydrogen-bond donors (Lipinski definition) is 0. The summed E-state index contributed by atoms with van der Waals surface area (Å²) in [7, 11) is 0. The highest BCUT2D eigenvalue weighted by atomic mass is 32.1. The van der Waals surface area contributed by atoms with E-state index in [1.807, 2.05) is 11.3 Å². The van der Waals surface area contributed by atoms with E-state index in [1.54, 1.807) is 0 Å². The smallest absolute Gasteiger partial charge is 0.164 e. The van der Waals surface area contributed by atoms with Crippen LogP contribution in [0.15, 0.2) is 224 Å². The highest BCUT2D eigenvalue weighted by molar-refractivity contribution is 7.25. The van der Waals surface area contributed by atoms with Crippen LogP contribution in [0, 0.1) is 0 Å². The molecular formula is C58H37N3S. The van der Waals surface area contributed by atoms with Crippen LogP contribution in [0.3, 0.4) is 0 Å². The summed E-state index contributed by atoms with van der Waals surface area (Å²) in [5, 5.41) is 2.58. The molecular weight excluding hydrogens is 771 g/mol. The van der Waals surface area contributed by atoms with Crippen LogP contribution in [0.5, 0.6) is 0 Å². The van der Waals surface area contributed by atoms with Crippen LogP contribution < -0.4 is 0 Å². The zero-order valence-electron chi connectivity index (χ0n) is 33.6. The molecule has 11 aromatic rings. The van der Waals surface area contributed by atoms with Gasteiger partial charge in [-0.3, -0.25) is 0 Å². The van der Waals surface area contributed by atoms with Crippen molar-refractivity contribution in [2.24, 2.45) is 0 Å². The van der Waals surface area contributed by atoms with Gasteiger partial charge >= 0.3 is 0 Å². The average molecular weight is 808 g/mol. The first kappa shape index (κ1) is 36.1. The molecule has 0 fully saturated rings. The Bertz CT molecular complexity index is 3410. The number of rotatable bonds is 7. The van der Waals surface area contributed by atoms with Crippen LogP contribution in [0.1, 0.15) is 22.3 Å². The minimum absolute atomic E-state index is 0.622. The van der Waals surface area contributed by atoms with Crippen molar-refractivity contribution in [2.75, 3.05) is 0 Å². The number of fused-ring (bicyclic) bond motifs is 6.